The first-order valence-corrected chi connectivity index (χ1v) is 2.84. The van der Waals surface area contributed by atoms with Crippen LogP contribution in [0.5, 0.6) is 0 Å². The topological polar surface area (TPSA) is 63.3 Å². The summed E-state index contributed by atoms with van der Waals surface area (Å²) in [4.78, 5) is 10.2. The summed E-state index contributed by atoms with van der Waals surface area (Å²) in [7, 11) is 0. The van der Waals surface area contributed by atoms with Crippen molar-refractivity contribution in [3.05, 3.63) is 0 Å². The molecule has 0 saturated heterocycles. The van der Waals surface area contributed by atoms with E-state index in [1.165, 1.54) is 0 Å². The molecule has 0 saturated carbocycles. The Morgan fingerprint density at radius 1 is 1.50 bits per heavy atom. The average molecular weight is 340 g/mol. The number of carboxylic acid groups (broad SMARTS) is 1. The standard InChI is InChI=1S/C6H13NO2.Pb.2H/c1-6(2,3)4(7)5(8)9;;;/h4H,7H2,1-3H3,(H,8,9);;;. The monoisotopic (exact) mass is 341 g/mol. The van der Waals surface area contributed by atoms with Crippen molar-refractivity contribution in [2.45, 2.75) is 26.8 Å². The van der Waals surface area contributed by atoms with E-state index in [4.69, 9.17) is 10.8 Å². The van der Waals surface area contributed by atoms with Crippen molar-refractivity contribution in [1.82, 2.24) is 0 Å². The molecule has 3 nitrogen and oxygen atoms in total. The predicted octanol–water partition coefficient (Wildman–Crippen LogP) is -0.472. The molecule has 0 heterocycles. The summed E-state index contributed by atoms with van der Waals surface area (Å²) in [5.74, 6) is -0.942. The molecule has 0 aromatic rings. The molecule has 0 aliphatic rings. The van der Waals surface area contributed by atoms with Crippen molar-refractivity contribution in [1.29, 1.82) is 0 Å². The van der Waals surface area contributed by atoms with Crippen molar-refractivity contribution >= 4 is 33.3 Å². The third-order valence-corrected chi connectivity index (χ3v) is 1.20. The van der Waals surface area contributed by atoms with Crippen LogP contribution in [0.1, 0.15) is 20.8 Å². The van der Waals surface area contributed by atoms with E-state index in [0.717, 1.165) is 0 Å². The third kappa shape index (κ3) is 4.21. The SMILES string of the molecule is CC(C)(C)C(N)C(=O)O.[PbH2]. The molecule has 0 aliphatic carbocycles. The van der Waals surface area contributed by atoms with Crippen LogP contribution >= 0.6 is 0 Å². The van der Waals surface area contributed by atoms with Crippen LogP contribution in [0.2, 0.25) is 0 Å². The first-order chi connectivity index (χ1) is 3.85. The molecule has 10 heavy (non-hydrogen) atoms. The van der Waals surface area contributed by atoms with Crippen LogP contribution in [0, 0.1) is 5.41 Å². The Bertz CT molecular complexity index is 119. The average Bonchev–Trinajstić information content (AvgIpc) is 1.62. The summed E-state index contributed by atoms with van der Waals surface area (Å²) in [5, 5.41) is 8.39. The van der Waals surface area contributed by atoms with Crippen molar-refractivity contribution in [2.24, 2.45) is 11.1 Å². The molecule has 0 aromatic heterocycles. The minimum atomic E-state index is -0.942. The number of rotatable bonds is 1. The maximum absolute atomic E-state index is 10.2. The molecule has 0 aliphatic heterocycles. The first-order valence-electron chi connectivity index (χ1n) is 2.84. The van der Waals surface area contributed by atoms with E-state index in [1.54, 1.807) is 20.8 Å². The fraction of sp³-hybridized carbons (Fsp3) is 0.833. The number of hydrogen-bond donors (Lipinski definition) is 2. The van der Waals surface area contributed by atoms with Gasteiger partial charge in [0.1, 0.15) is 6.04 Å². The fourth-order valence-corrected chi connectivity index (χ4v) is 0.370. The second-order valence-electron chi connectivity index (χ2n) is 3.18. The van der Waals surface area contributed by atoms with Gasteiger partial charge in [0, 0.05) is 0 Å². The number of carboxylic acids is 1. The van der Waals surface area contributed by atoms with Gasteiger partial charge in [-0.05, 0) is 5.41 Å². The molecule has 1 unspecified atom stereocenters. The van der Waals surface area contributed by atoms with Crippen LogP contribution in [-0.4, -0.2) is 44.4 Å². The summed E-state index contributed by atoms with van der Waals surface area (Å²) < 4.78 is 0. The van der Waals surface area contributed by atoms with E-state index in [1.807, 2.05) is 0 Å². The van der Waals surface area contributed by atoms with Gasteiger partial charge in [-0.1, -0.05) is 20.8 Å². The Hall–Kier alpha value is 0.352. The molecule has 3 N–H and O–H groups in total. The molecule has 0 rings (SSSR count). The molecule has 60 valence electrons. The van der Waals surface area contributed by atoms with Gasteiger partial charge in [-0.15, -0.1) is 0 Å². The minimum absolute atomic E-state index is 0. The van der Waals surface area contributed by atoms with Gasteiger partial charge in [0.25, 0.3) is 0 Å². The second-order valence-corrected chi connectivity index (χ2v) is 3.18. The van der Waals surface area contributed by atoms with E-state index < -0.39 is 12.0 Å². The molecule has 0 fully saturated rings. The summed E-state index contributed by atoms with van der Waals surface area (Å²) in [5.41, 5.74) is 4.95. The zero-order chi connectivity index (χ0) is 7.65. The zero-order valence-electron chi connectivity index (χ0n) is 6.72. The van der Waals surface area contributed by atoms with Crippen LogP contribution in [-0.2, 0) is 4.79 Å². The van der Waals surface area contributed by atoms with Gasteiger partial charge in [0.05, 0.1) is 0 Å². The Morgan fingerprint density at radius 2 is 1.80 bits per heavy atom. The summed E-state index contributed by atoms with van der Waals surface area (Å²) in [6.45, 7) is 5.39. The summed E-state index contributed by atoms with van der Waals surface area (Å²) in [6.07, 6.45) is 0. The molecule has 0 amide bonds. The van der Waals surface area contributed by atoms with Crippen LogP contribution in [0.3, 0.4) is 0 Å². The fourth-order valence-electron chi connectivity index (χ4n) is 0.370. The molecular formula is C6H15NO2Pb. The molecule has 1 atom stereocenters. The van der Waals surface area contributed by atoms with Gasteiger partial charge < -0.3 is 10.8 Å². The maximum atomic E-state index is 10.2. The quantitative estimate of drug-likeness (QED) is 0.635. The molecule has 2 radical (unpaired) electrons. The van der Waals surface area contributed by atoms with Crippen LogP contribution in [0.15, 0.2) is 0 Å². The van der Waals surface area contributed by atoms with Crippen molar-refractivity contribution in [2.75, 3.05) is 0 Å². The van der Waals surface area contributed by atoms with Gasteiger partial charge in [-0.2, -0.15) is 0 Å². The molecule has 0 bridgehead atoms. The Labute approximate surface area is 81.1 Å². The van der Waals surface area contributed by atoms with Crippen molar-refractivity contribution in [3.8, 4) is 0 Å². The molecule has 0 aromatic carbocycles. The first kappa shape index (κ1) is 13.0. The van der Waals surface area contributed by atoms with E-state index >= 15 is 0 Å². The molecule has 4 heteroatoms. The van der Waals surface area contributed by atoms with E-state index in [0.29, 0.717) is 0 Å². The van der Waals surface area contributed by atoms with E-state index in [9.17, 15) is 4.79 Å². The third-order valence-electron chi connectivity index (χ3n) is 1.20. The van der Waals surface area contributed by atoms with Crippen LogP contribution < -0.4 is 5.73 Å². The van der Waals surface area contributed by atoms with Crippen molar-refractivity contribution in [3.63, 3.8) is 0 Å². The predicted molar refractivity (Wildman–Crippen MR) is 43.6 cm³/mol. The Morgan fingerprint density at radius 3 is 1.80 bits per heavy atom. The van der Waals surface area contributed by atoms with Crippen molar-refractivity contribution < 1.29 is 9.90 Å². The Balaban J connectivity index is 0. The van der Waals surface area contributed by atoms with Gasteiger partial charge >= 0.3 is 33.3 Å². The van der Waals surface area contributed by atoms with Crippen LogP contribution in [0.4, 0.5) is 0 Å². The van der Waals surface area contributed by atoms with Gasteiger partial charge in [-0.3, -0.25) is 4.79 Å². The number of hydrogen-bond acceptors (Lipinski definition) is 2. The van der Waals surface area contributed by atoms with E-state index in [2.05, 4.69) is 0 Å². The van der Waals surface area contributed by atoms with Gasteiger partial charge in [-0.25, -0.2) is 0 Å². The molecule has 0 spiro atoms. The van der Waals surface area contributed by atoms with Gasteiger partial charge in [0.15, 0.2) is 0 Å². The number of nitrogens with two attached hydrogens (primary N) is 1. The number of carbonyl (C=O) groups is 1. The zero-order valence-corrected chi connectivity index (χ0v) is 12.2. The Kier molecular flexibility index (Phi) is 5.55. The van der Waals surface area contributed by atoms with Gasteiger partial charge in [0.2, 0.25) is 0 Å². The normalized spacial score (nSPS) is 13.6. The molecular weight excluding hydrogens is 325 g/mol. The number of aliphatic carboxylic acids is 1. The summed E-state index contributed by atoms with van der Waals surface area (Å²) in [6, 6.07) is -0.766. The van der Waals surface area contributed by atoms with E-state index in [-0.39, 0.29) is 32.7 Å². The second kappa shape index (κ2) is 4.28. The van der Waals surface area contributed by atoms with Crippen LogP contribution in [0.25, 0.3) is 0 Å². The summed E-state index contributed by atoms with van der Waals surface area (Å²) >= 11 is 0.